The molecule has 0 fully saturated rings. The van der Waals surface area contributed by atoms with Gasteiger partial charge in [0.25, 0.3) is 0 Å². The third kappa shape index (κ3) is 3.04. The van der Waals surface area contributed by atoms with Crippen molar-refractivity contribution in [3.05, 3.63) is 65.7 Å². The number of benzene rings is 2. The minimum absolute atomic E-state index is 0.948. The molecule has 0 saturated heterocycles. The minimum atomic E-state index is 0.948. The van der Waals surface area contributed by atoms with Crippen molar-refractivity contribution in [1.29, 1.82) is 0 Å². The van der Waals surface area contributed by atoms with Gasteiger partial charge in [-0.15, -0.1) is 10.2 Å². The normalized spacial score (nSPS) is 13.3. The minimum Gasteiger partial charge on any atom is -0.309 e. The van der Waals surface area contributed by atoms with Gasteiger partial charge >= 0.3 is 0 Å². The standard InChI is InChI=1S/C19H20N4S/c1-15-7-9-17(10-8-15)22-12-13-23-18(22)20-21-19(23)24-14-11-16-5-3-2-4-6-16/h2-10H,11-14H2,1H3. The van der Waals surface area contributed by atoms with Gasteiger partial charge in [0.15, 0.2) is 5.16 Å². The summed E-state index contributed by atoms with van der Waals surface area (Å²) >= 11 is 1.79. The number of hydrogen-bond acceptors (Lipinski definition) is 4. The van der Waals surface area contributed by atoms with Crippen molar-refractivity contribution in [3.63, 3.8) is 0 Å². The Morgan fingerprint density at radius 3 is 2.54 bits per heavy atom. The molecule has 1 aromatic heterocycles. The molecular weight excluding hydrogens is 316 g/mol. The second-order valence-electron chi connectivity index (χ2n) is 6.01. The Balaban J connectivity index is 1.44. The van der Waals surface area contributed by atoms with E-state index in [2.05, 4.69) is 81.2 Å². The topological polar surface area (TPSA) is 34.0 Å². The molecule has 4 nitrogen and oxygen atoms in total. The lowest BCUT2D eigenvalue weighted by Crippen LogP contribution is -2.14. The molecule has 0 bridgehead atoms. The lowest BCUT2D eigenvalue weighted by Gasteiger charge is -2.15. The number of aromatic nitrogens is 3. The summed E-state index contributed by atoms with van der Waals surface area (Å²) in [5.41, 5.74) is 3.83. The molecule has 0 saturated carbocycles. The van der Waals surface area contributed by atoms with Crippen LogP contribution in [0.3, 0.4) is 0 Å². The number of rotatable bonds is 5. The largest absolute Gasteiger partial charge is 0.309 e. The van der Waals surface area contributed by atoms with Crippen molar-refractivity contribution in [1.82, 2.24) is 14.8 Å². The molecule has 122 valence electrons. The van der Waals surface area contributed by atoms with Crippen LogP contribution in [0.2, 0.25) is 0 Å². The maximum Gasteiger partial charge on any atom is 0.232 e. The Hall–Kier alpha value is -2.27. The highest BCUT2D eigenvalue weighted by atomic mass is 32.2. The zero-order chi connectivity index (χ0) is 16.4. The summed E-state index contributed by atoms with van der Waals surface area (Å²) in [5.74, 6) is 1.98. The van der Waals surface area contributed by atoms with Gasteiger partial charge in [-0.05, 0) is 31.0 Å². The van der Waals surface area contributed by atoms with Gasteiger partial charge in [-0.25, -0.2) is 0 Å². The Morgan fingerprint density at radius 1 is 0.958 bits per heavy atom. The molecule has 0 N–H and O–H groups in total. The first kappa shape index (κ1) is 15.3. The summed E-state index contributed by atoms with van der Waals surface area (Å²) in [7, 11) is 0. The molecule has 1 aliphatic heterocycles. The first-order chi connectivity index (χ1) is 11.8. The molecule has 0 aliphatic carbocycles. The molecule has 3 aromatic rings. The Bertz CT molecular complexity index is 811. The summed E-state index contributed by atoms with van der Waals surface area (Å²) in [4.78, 5) is 2.24. The van der Waals surface area contributed by atoms with Crippen LogP contribution in [0.25, 0.3) is 0 Å². The third-order valence-electron chi connectivity index (χ3n) is 4.30. The molecule has 0 amide bonds. The molecule has 0 atom stereocenters. The summed E-state index contributed by atoms with van der Waals surface area (Å²) in [6.45, 7) is 4.02. The molecule has 1 aliphatic rings. The van der Waals surface area contributed by atoms with Gasteiger partial charge < -0.3 is 4.90 Å². The quantitative estimate of drug-likeness (QED) is 0.658. The number of thioether (sulfide) groups is 1. The van der Waals surface area contributed by atoms with Crippen molar-refractivity contribution in [2.75, 3.05) is 17.2 Å². The fourth-order valence-electron chi connectivity index (χ4n) is 2.96. The molecule has 0 spiro atoms. The predicted molar refractivity (Wildman–Crippen MR) is 99.1 cm³/mol. The van der Waals surface area contributed by atoms with Crippen LogP contribution in [0.5, 0.6) is 0 Å². The second kappa shape index (κ2) is 6.69. The smallest absolute Gasteiger partial charge is 0.232 e. The van der Waals surface area contributed by atoms with Crippen LogP contribution in [-0.2, 0) is 13.0 Å². The van der Waals surface area contributed by atoms with Crippen molar-refractivity contribution in [3.8, 4) is 0 Å². The molecule has 2 heterocycles. The average molecular weight is 336 g/mol. The zero-order valence-electron chi connectivity index (χ0n) is 13.7. The number of fused-ring (bicyclic) bond motifs is 1. The van der Waals surface area contributed by atoms with E-state index in [1.165, 1.54) is 16.8 Å². The average Bonchev–Trinajstić information content (AvgIpc) is 3.20. The van der Waals surface area contributed by atoms with Crippen LogP contribution in [-0.4, -0.2) is 27.1 Å². The molecule has 24 heavy (non-hydrogen) atoms. The van der Waals surface area contributed by atoms with E-state index in [1.54, 1.807) is 11.8 Å². The van der Waals surface area contributed by atoms with Gasteiger partial charge in [-0.3, -0.25) is 4.57 Å². The van der Waals surface area contributed by atoms with E-state index in [1.807, 2.05) is 0 Å². The number of nitrogens with zero attached hydrogens (tertiary/aromatic N) is 4. The highest BCUT2D eigenvalue weighted by molar-refractivity contribution is 7.99. The maximum absolute atomic E-state index is 4.42. The van der Waals surface area contributed by atoms with E-state index < -0.39 is 0 Å². The van der Waals surface area contributed by atoms with E-state index in [0.717, 1.165) is 36.4 Å². The van der Waals surface area contributed by atoms with Gasteiger partial charge in [-0.1, -0.05) is 59.8 Å². The van der Waals surface area contributed by atoms with E-state index in [4.69, 9.17) is 0 Å². The third-order valence-corrected chi connectivity index (χ3v) is 5.26. The Morgan fingerprint density at radius 2 is 1.75 bits per heavy atom. The van der Waals surface area contributed by atoms with Crippen LogP contribution in [0.15, 0.2) is 59.8 Å². The Kier molecular flexibility index (Phi) is 4.26. The van der Waals surface area contributed by atoms with Gasteiger partial charge in [-0.2, -0.15) is 0 Å². The van der Waals surface area contributed by atoms with Gasteiger partial charge in [0.2, 0.25) is 5.95 Å². The summed E-state index contributed by atoms with van der Waals surface area (Å²) < 4.78 is 2.23. The van der Waals surface area contributed by atoms with Crippen LogP contribution >= 0.6 is 11.8 Å². The van der Waals surface area contributed by atoms with Crippen LogP contribution in [0.1, 0.15) is 11.1 Å². The monoisotopic (exact) mass is 336 g/mol. The van der Waals surface area contributed by atoms with Crippen molar-refractivity contribution in [2.45, 2.75) is 25.0 Å². The molecule has 4 rings (SSSR count). The molecule has 0 unspecified atom stereocenters. The molecular formula is C19H20N4S. The van der Waals surface area contributed by atoms with Crippen molar-refractivity contribution >= 4 is 23.4 Å². The summed E-state index contributed by atoms with van der Waals surface area (Å²) in [6.07, 6.45) is 1.05. The van der Waals surface area contributed by atoms with Crippen LogP contribution in [0, 0.1) is 6.92 Å². The lowest BCUT2D eigenvalue weighted by atomic mass is 10.2. The highest BCUT2D eigenvalue weighted by Gasteiger charge is 2.25. The summed E-state index contributed by atoms with van der Waals surface area (Å²) in [5, 5.41) is 9.84. The SMILES string of the molecule is Cc1ccc(N2CCn3c(SCCc4ccccc4)nnc32)cc1. The number of hydrogen-bond donors (Lipinski definition) is 0. The number of anilines is 2. The fourth-order valence-corrected chi connectivity index (χ4v) is 3.90. The zero-order valence-corrected chi connectivity index (χ0v) is 14.5. The van der Waals surface area contributed by atoms with Gasteiger partial charge in [0, 0.05) is 24.5 Å². The first-order valence-corrected chi connectivity index (χ1v) is 9.24. The lowest BCUT2D eigenvalue weighted by molar-refractivity contribution is 0.704. The summed E-state index contributed by atoms with van der Waals surface area (Å²) in [6, 6.07) is 19.2. The van der Waals surface area contributed by atoms with Crippen LogP contribution in [0.4, 0.5) is 11.6 Å². The van der Waals surface area contributed by atoms with E-state index in [0.29, 0.717) is 0 Å². The van der Waals surface area contributed by atoms with Gasteiger partial charge in [0.1, 0.15) is 0 Å². The second-order valence-corrected chi connectivity index (χ2v) is 7.07. The van der Waals surface area contributed by atoms with Crippen molar-refractivity contribution < 1.29 is 0 Å². The highest BCUT2D eigenvalue weighted by Crippen LogP contribution is 2.32. The van der Waals surface area contributed by atoms with E-state index in [9.17, 15) is 0 Å². The Labute approximate surface area is 146 Å². The first-order valence-electron chi connectivity index (χ1n) is 8.25. The van der Waals surface area contributed by atoms with E-state index in [-0.39, 0.29) is 0 Å². The molecule has 2 aromatic carbocycles. The fraction of sp³-hybridized carbons (Fsp3) is 0.263. The van der Waals surface area contributed by atoms with E-state index >= 15 is 0 Å². The number of aryl methyl sites for hydroxylation is 2. The maximum atomic E-state index is 4.42. The molecule has 5 heteroatoms. The molecule has 0 radical (unpaired) electrons. The predicted octanol–water partition coefficient (Wildman–Crippen LogP) is 4.07. The van der Waals surface area contributed by atoms with Crippen LogP contribution < -0.4 is 4.90 Å². The van der Waals surface area contributed by atoms with Gasteiger partial charge in [0.05, 0.1) is 0 Å². The van der Waals surface area contributed by atoms with Crippen molar-refractivity contribution in [2.24, 2.45) is 0 Å².